The van der Waals surface area contributed by atoms with Crippen molar-refractivity contribution in [1.82, 2.24) is 4.98 Å². The van der Waals surface area contributed by atoms with Crippen LogP contribution in [0.25, 0.3) is 10.9 Å². The minimum atomic E-state index is 1.05. The Morgan fingerprint density at radius 2 is 2.08 bits per heavy atom. The van der Waals surface area contributed by atoms with Crippen LogP contribution in [0.1, 0.15) is 5.56 Å². The van der Waals surface area contributed by atoms with Gasteiger partial charge < -0.3 is 0 Å². The van der Waals surface area contributed by atoms with Crippen molar-refractivity contribution < 1.29 is 0 Å². The summed E-state index contributed by atoms with van der Waals surface area (Å²) in [4.78, 5) is 4.36. The van der Waals surface area contributed by atoms with E-state index in [1.807, 2.05) is 12.3 Å². The van der Waals surface area contributed by atoms with Crippen LogP contribution in [0.5, 0.6) is 0 Å². The van der Waals surface area contributed by atoms with Crippen molar-refractivity contribution in [2.45, 2.75) is 6.92 Å². The van der Waals surface area contributed by atoms with Crippen molar-refractivity contribution in [3.05, 3.63) is 38.0 Å². The van der Waals surface area contributed by atoms with E-state index in [-0.39, 0.29) is 0 Å². The molecule has 0 fully saturated rings. The van der Waals surface area contributed by atoms with Crippen LogP contribution in [0.3, 0.4) is 0 Å². The first-order valence-electron chi connectivity index (χ1n) is 3.88. The van der Waals surface area contributed by atoms with E-state index in [0.717, 1.165) is 9.99 Å². The summed E-state index contributed by atoms with van der Waals surface area (Å²) in [5, 5.41) is 1.23. The average Bonchev–Trinajstić information content (AvgIpc) is 2.06. The van der Waals surface area contributed by atoms with Crippen LogP contribution >= 0.6 is 38.5 Å². The zero-order chi connectivity index (χ0) is 9.42. The van der Waals surface area contributed by atoms with Crippen molar-refractivity contribution in [1.29, 1.82) is 0 Å². The van der Waals surface area contributed by atoms with E-state index in [9.17, 15) is 0 Å². The maximum Gasteiger partial charge on any atom is 0.0716 e. The van der Waals surface area contributed by atoms with Crippen LogP contribution in [-0.4, -0.2) is 4.98 Å². The third-order valence-electron chi connectivity index (χ3n) is 1.94. The number of rotatable bonds is 0. The molecule has 2 rings (SSSR count). The number of hydrogen-bond donors (Lipinski definition) is 0. The van der Waals surface area contributed by atoms with Gasteiger partial charge in [-0.3, -0.25) is 4.98 Å². The van der Waals surface area contributed by atoms with E-state index in [0.29, 0.717) is 0 Å². The molecule has 0 atom stereocenters. The van der Waals surface area contributed by atoms with Gasteiger partial charge in [0.25, 0.3) is 0 Å². The highest BCUT2D eigenvalue weighted by atomic mass is 127. The van der Waals surface area contributed by atoms with E-state index in [1.165, 1.54) is 14.5 Å². The molecule has 0 unspecified atom stereocenters. The zero-order valence-corrected chi connectivity index (χ0v) is 10.8. The van der Waals surface area contributed by atoms with Crippen LogP contribution in [-0.2, 0) is 0 Å². The zero-order valence-electron chi connectivity index (χ0n) is 7.01. The van der Waals surface area contributed by atoms with Crippen LogP contribution in [0.2, 0.25) is 0 Å². The summed E-state index contributed by atoms with van der Waals surface area (Å²) in [6.45, 7) is 2.10. The molecule has 1 nitrogen and oxygen atoms in total. The lowest BCUT2D eigenvalue weighted by atomic mass is 10.1. The number of fused-ring (bicyclic) bond motifs is 1. The topological polar surface area (TPSA) is 12.9 Å². The highest BCUT2D eigenvalue weighted by molar-refractivity contribution is 14.1. The van der Waals surface area contributed by atoms with Gasteiger partial charge in [0.05, 0.1) is 5.52 Å². The molecule has 0 amide bonds. The van der Waals surface area contributed by atoms with Crippen LogP contribution in [0, 0.1) is 10.5 Å². The van der Waals surface area contributed by atoms with E-state index in [1.54, 1.807) is 0 Å². The van der Waals surface area contributed by atoms with Crippen LogP contribution in [0.4, 0.5) is 0 Å². The first-order valence-corrected chi connectivity index (χ1v) is 5.75. The molecule has 0 bridgehead atoms. The number of hydrogen-bond acceptors (Lipinski definition) is 1. The minimum absolute atomic E-state index is 1.05. The Bertz CT molecular complexity index is 468. The summed E-state index contributed by atoms with van der Waals surface area (Å²) in [7, 11) is 0. The maximum absolute atomic E-state index is 4.36. The first kappa shape index (κ1) is 9.40. The van der Waals surface area contributed by atoms with Gasteiger partial charge in [-0.15, -0.1) is 0 Å². The summed E-state index contributed by atoms with van der Waals surface area (Å²) < 4.78 is 2.27. The van der Waals surface area contributed by atoms with Gasteiger partial charge in [-0.25, -0.2) is 0 Å². The molecule has 0 saturated heterocycles. The monoisotopic (exact) mass is 347 g/mol. The van der Waals surface area contributed by atoms with Gasteiger partial charge in [0.1, 0.15) is 0 Å². The Kier molecular flexibility index (Phi) is 2.55. The Balaban J connectivity index is 2.87. The predicted octanol–water partition coefficient (Wildman–Crippen LogP) is 3.91. The van der Waals surface area contributed by atoms with Crippen molar-refractivity contribution in [3.8, 4) is 0 Å². The molecule has 2 aromatic rings. The molecule has 0 radical (unpaired) electrons. The lowest BCUT2D eigenvalue weighted by molar-refractivity contribution is 1.36. The molecule has 66 valence electrons. The second kappa shape index (κ2) is 3.53. The molecule has 1 heterocycles. The highest BCUT2D eigenvalue weighted by Gasteiger charge is 2.00. The summed E-state index contributed by atoms with van der Waals surface area (Å²) in [6.07, 6.45) is 1.88. The summed E-state index contributed by atoms with van der Waals surface area (Å²) in [5.74, 6) is 0. The minimum Gasteiger partial charge on any atom is -0.255 e. The molecular weight excluding hydrogens is 341 g/mol. The largest absolute Gasteiger partial charge is 0.255 e. The lowest BCUT2D eigenvalue weighted by Crippen LogP contribution is -1.84. The molecule has 1 aromatic carbocycles. The number of halogens is 2. The van der Waals surface area contributed by atoms with Crippen molar-refractivity contribution >= 4 is 49.4 Å². The Morgan fingerprint density at radius 1 is 1.31 bits per heavy atom. The Hall–Kier alpha value is -0.160. The van der Waals surface area contributed by atoms with E-state index in [2.05, 4.69) is 62.6 Å². The molecule has 0 aliphatic carbocycles. The molecule has 0 aliphatic rings. The SMILES string of the molecule is Cc1cc(Br)cc2ncc(I)cc12. The van der Waals surface area contributed by atoms with Gasteiger partial charge in [0.2, 0.25) is 0 Å². The first-order chi connectivity index (χ1) is 6.16. The second-order valence-electron chi connectivity index (χ2n) is 2.94. The number of pyridine rings is 1. The molecule has 3 heteroatoms. The molecule has 1 aromatic heterocycles. The maximum atomic E-state index is 4.36. The third kappa shape index (κ3) is 1.86. The van der Waals surface area contributed by atoms with Crippen LogP contribution < -0.4 is 0 Å². The summed E-state index contributed by atoms with van der Waals surface area (Å²) >= 11 is 5.74. The van der Waals surface area contributed by atoms with Gasteiger partial charge in [-0.2, -0.15) is 0 Å². The smallest absolute Gasteiger partial charge is 0.0716 e. The molecule has 0 spiro atoms. The van der Waals surface area contributed by atoms with Gasteiger partial charge >= 0.3 is 0 Å². The molecular formula is C10H7BrIN. The van der Waals surface area contributed by atoms with E-state index in [4.69, 9.17) is 0 Å². The lowest BCUT2D eigenvalue weighted by Gasteiger charge is -2.02. The van der Waals surface area contributed by atoms with E-state index < -0.39 is 0 Å². The number of benzene rings is 1. The van der Waals surface area contributed by atoms with Crippen molar-refractivity contribution in [2.75, 3.05) is 0 Å². The molecule has 0 N–H and O–H groups in total. The highest BCUT2D eigenvalue weighted by Crippen LogP contribution is 2.23. The van der Waals surface area contributed by atoms with Crippen molar-refractivity contribution in [3.63, 3.8) is 0 Å². The molecule has 0 aliphatic heterocycles. The standard InChI is InChI=1S/C10H7BrIN/c1-6-2-7(11)3-10-9(6)4-8(12)5-13-10/h2-5H,1H3. The molecule has 0 saturated carbocycles. The van der Waals surface area contributed by atoms with Crippen LogP contribution in [0.15, 0.2) is 28.9 Å². The number of aryl methyl sites for hydroxylation is 1. The fourth-order valence-corrected chi connectivity index (χ4v) is 2.35. The van der Waals surface area contributed by atoms with Gasteiger partial charge in [-0.1, -0.05) is 15.9 Å². The fraction of sp³-hybridized carbons (Fsp3) is 0.100. The Labute approximate surface area is 98.8 Å². The molecule has 13 heavy (non-hydrogen) atoms. The van der Waals surface area contributed by atoms with Gasteiger partial charge in [0.15, 0.2) is 0 Å². The third-order valence-corrected chi connectivity index (χ3v) is 2.99. The Morgan fingerprint density at radius 3 is 2.85 bits per heavy atom. The average molecular weight is 348 g/mol. The predicted molar refractivity (Wildman–Crippen MR) is 66.9 cm³/mol. The normalized spacial score (nSPS) is 10.7. The fourth-order valence-electron chi connectivity index (χ4n) is 1.34. The second-order valence-corrected chi connectivity index (χ2v) is 5.10. The number of aromatic nitrogens is 1. The summed E-state index contributed by atoms with van der Waals surface area (Å²) in [6, 6.07) is 6.31. The van der Waals surface area contributed by atoms with E-state index >= 15 is 0 Å². The van der Waals surface area contributed by atoms with Gasteiger partial charge in [0, 0.05) is 19.6 Å². The van der Waals surface area contributed by atoms with Crippen molar-refractivity contribution in [2.24, 2.45) is 0 Å². The number of nitrogens with zero attached hydrogens (tertiary/aromatic N) is 1. The summed E-state index contributed by atoms with van der Waals surface area (Å²) in [5.41, 5.74) is 2.31. The quantitative estimate of drug-likeness (QED) is 0.658. The van der Waals surface area contributed by atoms with Gasteiger partial charge in [-0.05, 0) is 53.3 Å².